The van der Waals surface area contributed by atoms with Crippen LogP contribution in [0.1, 0.15) is 21.8 Å². The summed E-state index contributed by atoms with van der Waals surface area (Å²) >= 11 is 1.59. The van der Waals surface area contributed by atoms with Crippen LogP contribution in [-0.2, 0) is 6.54 Å². The van der Waals surface area contributed by atoms with Gasteiger partial charge in [-0.2, -0.15) is 0 Å². The molecule has 4 aromatic rings. The molecular formula is C23H21N3O4S. The molecule has 2 aromatic heterocycles. The minimum absolute atomic E-state index is 0.226. The maximum Gasteiger partial charge on any atom is 0.261 e. The van der Waals surface area contributed by atoms with Gasteiger partial charge in [-0.3, -0.25) is 14.2 Å². The molecule has 0 fully saturated rings. The van der Waals surface area contributed by atoms with E-state index in [1.165, 1.54) is 17.0 Å². The summed E-state index contributed by atoms with van der Waals surface area (Å²) in [6, 6.07) is 12.4. The highest BCUT2D eigenvalue weighted by Crippen LogP contribution is 2.30. The molecule has 8 heteroatoms. The molecular weight excluding hydrogens is 414 g/mol. The van der Waals surface area contributed by atoms with Crippen molar-refractivity contribution in [2.45, 2.75) is 19.9 Å². The van der Waals surface area contributed by atoms with Crippen LogP contribution in [0.15, 0.2) is 59.0 Å². The van der Waals surface area contributed by atoms with E-state index in [2.05, 4.69) is 9.97 Å². The van der Waals surface area contributed by atoms with Crippen LogP contribution in [0.4, 0.5) is 0 Å². The molecule has 0 aliphatic rings. The smallest absolute Gasteiger partial charge is 0.261 e. The molecule has 4 rings (SSSR count). The number of aromatic nitrogens is 3. The third kappa shape index (κ3) is 4.55. The van der Waals surface area contributed by atoms with Crippen molar-refractivity contribution in [3.8, 4) is 17.0 Å². The number of carbonyl (C=O) groups is 1. The second-order valence-electron chi connectivity index (χ2n) is 7.01. The molecule has 1 N–H and O–H groups in total. The monoisotopic (exact) mass is 435 g/mol. The lowest BCUT2D eigenvalue weighted by Crippen LogP contribution is -2.22. The standard InChI is InChI=1S/C23H21N3O4S/c1-15-25-20(13-31-15)17-5-2-3-6-22(17)30-10-4-9-26-14-24-19-8-7-16(21(28)12-27)11-18(19)23(26)29/h2-3,5-8,11,13-14,27H,4,9-10,12H2,1H3. The van der Waals surface area contributed by atoms with Crippen LogP contribution in [0.5, 0.6) is 5.75 Å². The Bertz CT molecular complexity index is 1300. The average Bonchev–Trinajstić information content (AvgIpc) is 3.23. The van der Waals surface area contributed by atoms with Crippen molar-refractivity contribution < 1.29 is 14.6 Å². The zero-order chi connectivity index (χ0) is 21.8. The zero-order valence-corrected chi connectivity index (χ0v) is 17.8. The molecule has 31 heavy (non-hydrogen) atoms. The van der Waals surface area contributed by atoms with Crippen molar-refractivity contribution in [2.75, 3.05) is 13.2 Å². The van der Waals surface area contributed by atoms with Crippen LogP contribution in [0.2, 0.25) is 0 Å². The summed E-state index contributed by atoms with van der Waals surface area (Å²) in [5, 5.41) is 12.4. The summed E-state index contributed by atoms with van der Waals surface area (Å²) in [6.45, 7) is 2.22. The number of ether oxygens (including phenoxy) is 1. The predicted octanol–water partition coefficient (Wildman–Crippen LogP) is 3.47. The molecule has 158 valence electrons. The summed E-state index contributed by atoms with van der Waals surface area (Å²) in [6.07, 6.45) is 2.11. The Hall–Kier alpha value is -3.36. The molecule has 0 aliphatic heterocycles. The van der Waals surface area contributed by atoms with E-state index in [-0.39, 0.29) is 5.56 Å². The Labute approximate surface area is 182 Å². The van der Waals surface area contributed by atoms with E-state index >= 15 is 0 Å². The summed E-state index contributed by atoms with van der Waals surface area (Å²) in [5.41, 5.74) is 2.41. The number of fused-ring (bicyclic) bond motifs is 1. The Balaban J connectivity index is 1.45. The van der Waals surface area contributed by atoms with Gasteiger partial charge in [-0.05, 0) is 43.7 Å². The molecule has 0 amide bonds. The molecule has 0 bridgehead atoms. The van der Waals surface area contributed by atoms with Crippen LogP contribution in [0.25, 0.3) is 22.2 Å². The minimum atomic E-state index is -0.598. The lowest BCUT2D eigenvalue weighted by atomic mass is 10.1. The number of aryl methyl sites for hydroxylation is 2. The number of carbonyl (C=O) groups excluding carboxylic acids is 1. The van der Waals surface area contributed by atoms with Gasteiger partial charge >= 0.3 is 0 Å². The van der Waals surface area contributed by atoms with Crippen LogP contribution >= 0.6 is 11.3 Å². The molecule has 0 spiro atoms. The van der Waals surface area contributed by atoms with E-state index in [0.717, 1.165) is 22.0 Å². The molecule has 0 atom stereocenters. The maximum atomic E-state index is 12.8. The van der Waals surface area contributed by atoms with Crippen LogP contribution in [-0.4, -0.2) is 38.6 Å². The quantitative estimate of drug-likeness (QED) is 0.336. The number of ketones is 1. The third-order valence-electron chi connectivity index (χ3n) is 4.87. The minimum Gasteiger partial charge on any atom is -0.493 e. The van der Waals surface area contributed by atoms with E-state index in [1.807, 2.05) is 36.6 Å². The summed E-state index contributed by atoms with van der Waals surface area (Å²) in [5.74, 6) is 0.322. The highest BCUT2D eigenvalue weighted by molar-refractivity contribution is 7.09. The fourth-order valence-corrected chi connectivity index (χ4v) is 3.90. The van der Waals surface area contributed by atoms with Gasteiger partial charge in [0.2, 0.25) is 0 Å². The van der Waals surface area contributed by atoms with E-state index in [4.69, 9.17) is 9.84 Å². The van der Waals surface area contributed by atoms with Crippen LogP contribution in [0.3, 0.4) is 0 Å². The third-order valence-corrected chi connectivity index (χ3v) is 5.65. The fourth-order valence-electron chi connectivity index (χ4n) is 3.29. The van der Waals surface area contributed by atoms with Crippen molar-refractivity contribution in [3.63, 3.8) is 0 Å². The first-order valence-corrected chi connectivity index (χ1v) is 10.7. The first-order chi connectivity index (χ1) is 15.1. The lowest BCUT2D eigenvalue weighted by molar-refractivity contribution is 0.0904. The average molecular weight is 436 g/mol. The number of thiazole rings is 1. The van der Waals surface area contributed by atoms with Gasteiger partial charge in [0.15, 0.2) is 5.78 Å². The van der Waals surface area contributed by atoms with E-state index in [9.17, 15) is 9.59 Å². The predicted molar refractivity (Wildman–Crippen MR) is 120 cm³/mol. The number of nitrogens with zero attached hydrogens (tertiary/aromatic N) is 3. The molecule has 0 saturated carbocycles. The largest absolute Gasteiger partial charge is 0.493 e. The van der Waals surface area contributed by atoms with Crippen LogP contribution in [0, 0.1) is 6.92 Å². The van der Waals surface area contributed by atoms with Crippen molar-refractivity contribution in [3.05, 3.63) is 75.1 Å². The van der Waals surface area contributed by atoms with Crippen molar-refractivity contribution in [2.24, 2.45) is 0 Å². The van der Waals surface area contributed by atoms with Gasteiger partial charge in [0, 0.05) is 23.1 Å². The fraction of sp³-hybridized carbons (Fsp3) is 0.217. The van der Waals surface area contributed by atoms with Gasteiger partial charge < -0.3 is 9.84 Å². The van der Waals surface area contributed by atoms with Crippen LogP contribution < -0.4 is 10.3 Å². The Kier molecular flexibility index (Phi) is 6.20. The van der Waals surface area contributed by atoms with Gasteiger partial charge in [-0.15, -0.1) is 11.3 Å². The van der Waals surface area contributed by atoms with Crippen molar-refractivity contribution in [1.29, 1.82) is 0 Å². The molecule has 2 heterocycles. The van der Waals surface area contributed by atoms with E-state index in [0.29, 0.717) is 36.0 Å². The first-order valence-electron chi connectivity index (χ1n) is 9.84. The number of hydrogen-bond acceptors (Lipinski definition) is 7. The van der Waals surface area contributed by atoms with Gasteiger partial charge in [-0.25, -0.2) is 9.97 Å². The molecule has 0 aliphatic carbocycles. The molecule has 0 unspecified atom stereocenters. The van der Waals surface area contributed by atoms with Crippen molar-refractivity contribution >= 4 is 28.0 Å². The molecule has 0 saturated heterocycles. The van der Waals surface area contributed by atoms with Gasteiger partial charge in [0.05, 0.1) is 34.5 Å². The van der Waals surface area contributed by atoms with Crippen molar-refractivity contribution in [1.82, 2.24) is 14.5 Å². The number of hydrogen-bond donors (Lipinski definition) is 1. The molecule has 7 nitrogen and oxygen atoms in total. The highest BCUT2D eigenvalue weighted by Gasteiger charge is 2.11. The molecule has 2 aromatic carbocycles. The van der Waals surface area contributed by atoms with E-state index < -0.39 is 12.4 Å². The molecule has 0 radical (unpaired) electrons. The van der Waals surface area contributed by atoms with E-state index in [1.54, 1.807) is 23.5 Å². The zero-order valence-electron chi connectivity index (χ0n) is 16.9. The Morgan fingerprint density at radius 2 is 2.06 bits per heavy atom. The first kappa shape index (κ1) is 20.9. The van der Waals surface area contributed by atoms with Gasteiger partial charge in [-0.1, -0.05) is 12.1 Å². The Morgan fingerprint density at radius 3 is 2.84 bits per heavy atom. The number of benzene rings is 2. The lowest BCUT2D eigenvalue weighted by Gasteiger charge is -2.11. The maximum absolute atomic E-state index is 12.8. The summed E-state index contributed by atoms with van der Waals surface area (Å²) in [7, 11) is 0. The number of aliphatic hydroxyl groups excluding tert-OH is 1. The number of Topliss-reactive ketones (excluding diaryl/α,β-unsaturated/α-hetero) is 1. The second-order valence-corrected chi connectivity index (χ2v) is 8.07. The number of rotatable bonds is 8. The summed E-state index contributed by atoms with van der Waals surface area (Å²) in [4.78, 5) is 33.4. The Morgan fingerprint density at radius 1 is 1.23 bits per heavy atom. The SMILES string of the molecule is Cc1nc(-c2ccccc2OCCCn2cnc3ccc(C(=O)CO)cc3c2=O)cs1. The number of aliphatic hydroxyl groups is 1. The normalized spacial score (nSPS) is 11.0. The van der Waals surface area contributed by atoms with Gasteiger partial charge in [0.25, 0.3) is 5.56 Å². The highest BCUT2D eigenvalue weighted by atomic mass is 32.1. The topological polar surface area (TPSA) is 94.3 Å². The second kappa shape index (κ2) is 9.20. The number of para-hydroxylation sites is 1. The summed E-state index contributed by atoms with van der Waals surface area (Å²) < 4.78 is 7.48. The van der Waals surface area contributed by atoms with Gasteiger partial charge in [0.1, 0.15) is 12.4 Å².